The molecule has 0 N–H and O–H groups in total. The fourth-order valence-electron chi connectivity index (χ4n) is 3.33. The molecule has 106 valence electrons. The average molecular weight is 269 g/mol. The average Bonchev–Trinajstić information content (AvgIpc) is 2.45. The molecule has 0 saturated carbocycles. The molecule has 1 aliphatic carbocycles. The maximum atomic E-state index is 5.48. The Balaban J connectivity index is 2.16. The number of hydrogen-bond donors (Lipinski definition) is 0. The Kier molecular flexibility index (Phi) is 3.19. The molecule has 0 saturated heterocycles. The van der Waals surface area contributed by atoms with Gasteiger partial charge in [0, 0.05) is 11.1 Å². The van der Waals surface area contributed by atoms with Crippen LogP contribution in [0.1, 0.15) is 38.4 Å². The lowest BCUT2D eigenvalue weighted by Gasteiger charge is -2.35. The highest BCUT2D eigenvalue weighted by atomic mass is 16.5. The summed E-state index contributed by atoms with van der Waals surface area (Å²) in [6.45, 7) is 7.05. The second-order valence-electron chi connectivity index (χ2n) is 6.90. The van der Waals surface area contributed by atoms with Gasteiger partial charge in [-0.05, 0) is 47.6 Å². The maximum Gasteiger partial charge on any atom is 0.221 e. The Morgan fingerprint density at radius 2 is 1.85 bits per heavy atom. The number of hydrogen-bond acceptors (Lipinski definition) is 2. The van der Waals surface area contributed by atoms with Gasteiger partial charge in [-0.15, -0.1) is 0 Å². The summed E-state index contributed by atoms with van der Waals surface area (Å²) < 4.78 is 5.48. The van der Waals surface area contributed by atoms with Crippen molar-refractivity contribution >= 4 is 10.8 Å². The van der Waals surface area contributed by atoms with E-state index < -0.39 is 0 Å². The van der Waals surface area contributed by atoms with Gasteiger partial charge in [-0.1, -0.05) is 39.0 Å². The Labute approximate surface area is 121 Å². The first-order chi connectivity index (χ1) is 9.50. The third-order valence-electron chi connectivity index (χ3n) is 4.67. The van der Waals surface area contributed by atoms with E-state index in [0.717, 1.165) is 30.0 Å². The zero-order chi connectivity index (χ0) is 14.3. The zero-order valence-corrected chi connectivity index (χ0v) is 12.9. The molecule has 0 bridgehead atoms. The molecule has 1 atom stereocenters. The van der Waals surface area contributed by atoms with Crippen LogP contribution in [-0.2, 0) is 12.8 Å². The molecule has 0 spiro atoms. The molecule has 1 heterocycles. The van der Waals surface area contributed by atoms with Gasteiger partial charge in [-0.25, -0.2) is 4.98 Å². The molecule has 1 aliphatic rings. The standard InChI is InChI=1S/C18H23NO/c1-18(2,3)12-9-10-16-15(11-12)13-7-5-6-8-14(13)17(19-16)20-4/h5-8,12H,9-11H2,1-4H3. The molecule has 0 aliphatic heterocycles. The normalized spacial score (nSPS) is 18.9. The lowest BCUT2D eigenvalue weighted by Crippen LogP contribution is -2.27. The van der Waals surface area contributed by atoms with Gasteiger partial charge >= 0.3 is 0 Å². The minimum absolute atomic E-state index is 0.360. The topological polar surface area (TPSA) is 22.1 Å². The highest BCUT2D eigenvalue weighted by molar-refractivity contribution is 5.90. The summed E-state index contributed by atoms with van der Waals surface area (Å²) in [6, 6.07) is 8.50. The molecule has 0 amide bonds. The van der Waals surface area contributed by atoms with Crippen LogP contribution >= 0.6 is 0 Å². The van der Waals surface area contributed by atoms with Crippen LogP contribution in [0, 0.1) is 11.3 Å². The highest BCUT2D eigenvalue weighted by Crippen LogP contribution is 2.40. The summed E-state index contributed by atoms with van der Waals surface area (Å²) in [5, 5.41) is 2.46. The van der Waals surface area contributed by atoms with Gasteiger partial charge in [0.1, 0.15) is 0 Å². The lowest BCUT2D eigenvalue weighted by molar-refractivity contribution is 0.215. The van der Waals surface area contributed by atoms with Gasteiger partial charge in [-0.2, -0.15) is 0 Å². The van der Waals surface area contributed by atoms with E-state index in [-0.39, 0.29) is 0 Å². The van der Waals surface area contributed by atoms with E-state index >= 15 is 0 Å². The van der Waals surface area contributed by atoms with Crippen molar-refractivity contribution < 1.29 is 4.74 Å². The van der Waals surface area contributed by atoms with Crippen LogP contribution in [0.4, 0.5) is 0 Å². The fourth-order valence-corrected chi connectivity index (χ4v) is 3.33. The number of aryl methyl sites for hydroxylation is 1. The summed E-state index contributed by atoms with van der Waals surface area (Å²) in [5.74, 6) is 1.50. The molecular formula is C18H23NO. The minimum Gasteiger partial charge on any atom is -0.481 e. The number of methoxy groups -OCH3 is 1. The van der Waals surface area contributed by atoms with E-state index in [1.54, 1.807) is 7.11 Å². The van der Waals surface area contributed by atoms with Gasteiger partial charge in [0.2, 0.25) is 5.88 Å². The van der Waals surface area contributed by atoms with E-state index in [1.807, 2.05) is 0 Å². The van der Waals surface area contributed by atoms with Crippen molar-refractivity contribution in [3.05, 3.63) is 35.5 Å². The Morgan fingerprint density at radius 1 is 1.15 bits per heavy atom. The second-order valence-corrected chi connectivity index (χ2v) is 6.90. The summed E-state index contributed by atoms with van der Waals surface area (Å²) in [4.78, 5) is 4.75. The van der Waals surface area contributed by atoms with Gasteiger partial charge in [0.05, 0.1) is 7.11 Å². The van der Waals surface area contributed by atoms with Crippen LogP contribution in [-0.4, -0.2) is 12.1 Å². The predicted molar refractivity (Wildman–Crippen MR) is 83.3 cm³/mol. The van der Waals surface area contributed by atoms with Crippen LogP contribution < -0.4 is 4.74 Å². The zero-order valence-electron chi connectivity index (χ0n) is 12.9. The monoisotopic (exact) mass is 269 g/mol. The Bertz CT molecular complexity index is 640. The molecule has 0 radical (unpaired) electrons. The van der Waals surface area contributed by atoms with E-state index in [2.05, 4.69) is 45.0 Å². The highest BCUT2D eigenvalue weighted by Gasteiger charge is 2.30. The number of aromatic nitrogens is 1. The van der Waals surface area contributed by atoms with E-state index in [0.29, 0.717) is 5.41 Å². The molecule has 1 unspecified atom stereocenters. The van der Waals surface area contributed by atoms with E-state index in [9.17, 15) is 0 Å². The van der Waals surface area contributed by atoms with Gasteiger partial charge in [0.25, 0.3) is 0 Å². The molecular weight excluding hydrogens is 246 g/mol. The number of benzene rings is 1. The lowest BCUT2D eigenvalue weighted by atomic mass is 9.71. The number of ether oxygens (including phenoxy) is 1. The molecule has 2 heteroatoms. The number of nitrogens with zero attached hydrogens (tertiary/aromatic N) is 1. The molecule has 3 rings (SSSR count). The van der Waals surface area contributed by atoms with Crippen LogP contribution in [0.2, 0.25) is 0 Å². The molecule has 1 aromatic carbocycles. The summed E-state index contributed by atoms with van der Waals surface area (Å²) in [6.07, 6.45) is 3.43. The maximum absolute atomic E-state index is 5.48. The fraction of sp³-hybridized carbons (Fsp3) is 0.500. The van der Waals surface area contributed by atoms with Gasteiger partial charge in [-0.3, -0.25) is 0 Å². The Morgan fingerprint density at radius 3 is 2.50 bits per heavy atom. The quantitative estimate of drug-likeness (QED) is 0.765. The van der Waals surface area contributed by atoms with E-state index in [4.69, 9.17) is 9.72 Å². The van der Waals surface area contributed by atoms with Crippen molar-refractivity contribution in [1.82, 2.24) is 4.98 Å². The SMILES string of the molecule is COc1nc2c(c3ccccc13)CC(C(C)(C)C)CC2. The first-order valence-electron chi connectivity index (χ1n) is 7.45. The first-order valence-corrected chi connectivity index (χ1v) is 7.45. The van der Waals surface area contributed by atoms with Crippen LogP contribution in [0.5, 0.6) is 5.88 Å². The molecule has 2 nitrogen and oxygen atoms in total. The molecule has 0 fully saturated rings. The van der Waals surface area contributed by atoms with Crippen LogP contribution in [0.3, 0.4) is 0 Å². The predicted octanol–water partition coefficient (Wildman–Crippen LogP) is 4.39. The third kappa shape index (κ3) is 2.17. The van der Waals surface area contributed by atoms with E-state index in [1.165, 1.54) is 23.1 Å². The Hall–Kier alpha value is -1.57. The van der Waals surface area contributed by atoms with Gasteiger partial charge < -0.3 is 4.74 Å². The number of fused-ring (bicyclic) bond motifs is 3. The molecule has 20 heavy (non-hydrogen) atoms. The summed E-state index contributed by atoms with van der Waals surface area (Å²) in [5.41, 5.74) is 3.03. The molecule has 2 aromatic rings. The van der Waals surface area contributed by atoms with Crippen molar-refractivity contribution in [2.75, 3.05) is 7.11 Å². The minimum atomic E-state index is 0.360. The van der Waals surface area contributed by atoms with Crippen molar-refractivity contribution in [2.24, 2.45) is 11.3 Å². The summed E-state index contributed by atoms with van der Waals surface area (Å²) in [7, 11) is 1.71. The molecule has 1 aromatic heterocycles. The third-order valence-corrected chi connectivity index (χ3v) is 4.67. The van der Waals surface area contributed by atoms with Crippen molar-refractivity contribution in [1.29, 1.82) is 0 Å². The van der Waals surface area contributed by atoms with Crippen LogP contribution in [0.25, 0.3) is 10.8 Å². The number of rotatable bonds is 1. The van der Waals surface area contributed by atoms with Crippen molar-refractivity contribution in [2.45, 2.75) is 40.0 Å². The van der Waals surface area contributed by atoms with Gasteiger partial charge in [0.15, 0.2) is 0 Å². The van der Waals surface area contributed by atoms with Crippen molar-refractivity contribution in [3.8, 4) is 5.88 Å². The largest absolute Gasteiger partial charge is 0.481 e. The summed E-state index contributed by atoms with van der Waals surface area (Å²) >= 11 is 0. The number of pyridine rings is 1. The second kappa shape index (κ2) is 4.76. The smallest absolute Gasteiger partial charge is 0.221 e. The van der Waals surface area contributed by atoms with Crippen LogP contribution in [0.15, 0.2) is 24.3 Å². The van der Waals surface area contributed by atoms with Crippen molar-refractivity contribution in [3.63, 3.8) is 0 Å². The first kappa shape index (κ1) is 13.4.